The first-order valence-electron chi connectivity index (χ1n) is 6.85. The summed E-state index contributed by atoms with van der Waals surface area (Å²) in [5, 5.41) is 3.68. The summed E-state index contributed by atoms with van der Waals surface area (Å²) in [5.74, 6) is 0.471. The first kappa shape index (κ1) is 13.8. The lowest BCUT2D eigenvalue weighted by molar-refractivity contribution is -0.120. The number of hydrogen-bond acceptors (Lipinski definition) is 4. The summed E-state index contributed by atoms with van der Waals surface area (Å²) in [4.78, 5) is 22.6. The molecule has 6 heteroatoms. The van der Waals surface area contributed by atoms with E-state index in [0.717, 1.165) is 18.5 Å². The second-order valence-corrected chi connectivity index (χ2v) is 5.26. The van der Waals surface area contributed by atoms with E-state index in [2.05, 4.69) is 15.3 Å². The lowest BCUT2D eigenvalue weighted by Crippen LogP contribution is -2.48. The van der Waals surface area contributed by atoms with Crippen molar-refractivity contribution in [1.29, 1.82) is 0 Å². The summed E-state index contributed by atoms with van der Waals surface area (Å²) in [7, 11) is 0. The standard InChI is InChI=1S/C15H15ClN4O/c16-11-5-1-2-7-13(11)20-10-3-6-12(14(20)21)19-15-17-8-4-9-18-15/h1-2,4-5,7-9,12H,3,6,10H2,(H,17,18,19). The fourth-order valence-corrected chi connectivity index (χ4v) is 2.69. The van der Waals surface area contributed by atoms with E-state index < -0.39 is 0 Å². The molecule has 1 aromatic carbocycles. The van der Waals surface area contributed by atoms with Gasteiger partial charge in [0.15, 0.2) is 0 Å². The summed E-state index contributed by atoms with van der Waals surface area (Å²) < 4.78 is 0. The molecule has 108 valence electrons. The number of benzene rings is 1. The smallest absolute Gasteiger partial charge is 0.249 e. The Kier molecular flexibility index (Phi) is 4.01. The summed E-state index contributed by atoms with van der Waals surface area (Å²) in [6.45, 7) is 0.677. The molecular weight excluding hydrogens is 288 g/mol. The quantitative estimate of drug-likeness (QED) is 0.947. The van der Waals surface area contributed by atoms with Crippen molar-refractivity contribution in [2.24, 2.45) is 0 Å². The Morgan fingerprint density at radius 2 is 1.95 bits per heavy atom. The number of rotatable bonds is 3. The molecule has 1 fully saturated rings. The number of hydrogen-bond donors (Lipinski definition) is 1. The lowest BCUT2D eigenvalue weighted by Gasteiger charge is -2.33. The minimum Gasteiger partial charge on any atom is -0.342 e. The highest BCUT2D eigenvalue weighted by atomic mass is 35.5. The zero-order chi connectivity index (χ0) is 14.7. The van der Waals surface area contributed by atoms with Crippen molar-refractivity contribution in [2.45, 2.75) is 18.9 Å². The SMILES string of the molecule is O=C1C(Nc2ncccn2)CCCN1c1ccccc1Cl. The second-order valence-electron chi connectivity index (χ2n) is 4.85. The third-order valence-corrected chi connectivity index (χ3v) is 3.77. The molecule has 0 saturated carbocycles. The van der Waals surface area contributed by atoms with Gasteiger partial charge in [-0.3, -0.25) is 4.79 Å². The first-order chi connectivity index (χ1) is 10.3. The van der Waals surface area contributed by atoms with Gasteiger partial charge in [-0.1, -0.05) is 23.7 Å². The molecule has 5 nitrogen and oxygen atoms in total. The van der Waals surface area contributed by atoms with Gasteiger partial charge in [0.1, 0.15) is 6.04 Å². The van der Waals surface area contributed by atoms with E-state index >= 15 is 0 Å². The van der Waals surface area contributed by atoms with Crippen molar-refractivity contribution >= 4 is 29.1 Å². The topological polar surface area (TPSA) is 58.1 Å². The number of nitrogens with zero attached hydrogens (tertiary/aromatic N) is 3. The highest BCUT2D eigenvalue weighted by Crippen LogP contribution is 2.29. The molecule has 0 spiro atoms. The molecule has 3 rings (SSSR count). The molecule has 1 unspecified atom stereocenters. The molecule has 1 aliphatic rings. The third kappa shape index (κ3) is 2.97. The molecule has 1 atom stereocenters. The third-order valence-electron chi connectivity index (χ3n) is 3.45. The van der Waals surface area contributed by atoms with Crippen molar-refractivity contribution < 1.29 is 4.79 Å². The highest BCUT2D eigenvalue weighted by Gasteiger charge is 2.30. The van der Waals surface area contributed by atoms with Gasteiger partial charge >= 0.3 is 0 Å². The van der Waals surface area contributed by atoms with E-state index in [-0.39, 0.29) is 11.9 Å². The number of carbonyl (C=O) groups excluding carboxylic acids is 1. The van der Waals surface area contributed by atoms with Crippen LogP contribution in [0.1, 0.15) is 12.8 Å². The molecule has 0 radical (unpaired) electrons. The van der Waals surface area contributed by atoms with E-state index in [9.17, 15) is 4.79 Å². The largest absolute Gasteiger partial charge is 0.342 e. The van der Waals surface area contributed by atoms with Gasteiger partial charge in [-0.25, -0.2) is 9.97 Å². The molecule has 1 saturated heterocycles. The molecule has 0 bridgehead atoms. The van der Waals surface area contributed by atoms with Crippen LogP contribution in [0.15, 0.2) is 42.7 Å². The van der Waals surface area contributed by atoms with Crippen LogP contribution >= 0.6 is 11.6 Å². The number of carbonyl (C=O) groups is 1. The van der Waals surface area contributed by atoms with E-state index in [4.69, 9.17) is 11.6 Å². The summed E-state index contributed by atoms with van der Waals surface area (Å²) >= 11 is 6.19. The molecule has 1 aromatic heterocycles. The van der Waals surface area contributed by atoms with Gasteiger partial charge in [-0.15, -0.1) is 0 Å². The zero-order valence-corrected chi connectivity index (χ0v) is 12.1. The minimum atomic E-state index is -0.322. The molecule has 0 aliphatic carbocycles. The predicted molar refractivity (Wildman–Crippen MR) is 82.5 cm³/mol. The number of nitrogens with one attached hydrogen (secondary N) is 1. The van der Waals surface area contributed by atoms with E-state index in [1.807, 2.05) is 18.2 Å². The Balaban J connectivity index is 1.79. The molecular formula is C15H15ClN4O. The van der Waals surface area contributed by atoms with Gasteiger partial charge in [-0.2, -0.15) is 0 Å². The number of piperidine rings is 1. The molecule has 2 heterocycles. The molecule has 1 aliphatic heterocycles. The fraction of sp³-hybridized carbons (Fsp3) is 0.267. The van der Waals surface area contributed by atoms with Crippen molar-refractivity contribution in [3.63, 3.8) is 0 Å². The average Bonchev–Trinajstić information content (AvgIpc) is 2.51. The maximum atomic E-state index is 12.6. The number of amides is 1. The van der Waals surface area contributed by atoms with Crippen molar-refractivity contribution in [3.05, 3.63) is 47.7 Å². The van der Waals surface area contributed by atoms with Gasteiger partial charge in [0, 0.05) is 18.9 Å². The van der Waals surface area contributed by atoms with Gasteiger partial charge in [-0.05, 0) is 31.0 Å². The van der Waals surface area contributed by atoms with Crippen LogP contribution in [0.2, 0.25) is 5.02 Å². The van der Waals surface area contributed by atoms with E-state index in [0.29, 0.717) is 17.5 Å². The lowest BCUT2D eigenvalue weighted by atomic mass is 10.0. The molecule has 2 aromatic rings. The number of halogens is 1. The maximum absolute atomic E-state index is 12.6. The van der Waals surface area contributed by atoms with E-state index in [1.165, 1.54) is 0 Å². The van der Waals surface area contributed by atoms with Crippen LogP contribution in [0, 0.1) is 0 Å². The van der Waals surface area contributed by atoms with Crippen LogP contribution in [0.3, 0.4) is 0 Å². The van der Waals surface area contributed by atoms with Crippen LogP contribution in [0.4, 0.5) is 11.6 Å². The van der Waals surface area contributed by atoms with Gasteiger partial charge in [0.25, 0.3) is 0 Å². The van der Waals surface area contributed by atoms with E-state index in [1.54, 1.807) is 29.4 Å². The van der Waals surface area contributed by atoms with Gasteiger partial charge in [0.05, 0.1) is 10.7 Å². The van der Waals surface area contributed by atoms with Crippen LogP contribution < -0.4 is 10.2 Å². The zero-order valence-electron chi connectivity index (χ0n) is 11.4. The molecule has 1 amide bonds. The Hall–Kier alpha value is -2.14. The Labute approximate surface area is 128 Å². The first-order valence-corrected chi connectivity index (χ1v) is 7.23. The minimum absolute atomic E-state index is 0.00167. The summed E-state index contributed by atoms with van der Waals surface area (Å²) in [6, 6.07) is 8.81. The van der Waals surface area contributed by atoms with Crippen molar-refractivity contribution in [2.75, 3.05) is 16.8 Å². The highest BCUT2D eigenvalue weighted by molar-refractivity contribution is 6.33. The fourth-order valence-electron chi connectivity index (χ4n) is 2.45. The van der Waals surface area contributed by atoms with Crippen molar-refractivity contribution in [3.8, 4) is 0 Å². The van der Waals surface area contributed by atoms with Crippen molar-refractivity contribution in [1.82, 2.24) is 9.97 Å². The van der Waals surface area contributed by atoms with Crippen LogP contribution in [0.25, 0.3) is 0 Å². The predicted octanol–water partition coefficient (Wildman–Crippen LogP) is 2.74. The molecule has 21 heavy (non-hydrogen) atoms. The van der Waals surface area contributed by atoms with Gasteiger partial charge < -0.3 is 10.2 Å². The second kappa shape index (κ2) is 6.10. The summed E-state index contributed by atoms with van der Waals surface area (Å²) in [5.41, 5.74) is 0.754. The Bertz CT molecular complexity index is 635. The monoisotopic (exact) mass is 302 g/mol. The number of anilines is 2. The Morgan fingerprint density at radius 1 is 1.19 bits per heavy atom. The maximum Gasteiger partial charge on any atom is 0.249 e. The Morgan fingerprint density at radius 3 is 2.71 bits per heavy atom. The van der Waals surface area contributed by atoms with Gasteiger partial charge in [0.2, 0.25) is 11.9 Å². The average molecular weight is 303 g/mol. The number of aromatic nitrogens is 2. The summed E-state index contributed by atoms with van der Waals surface area (Å²) in [6.07, 6.45) is 4.96. The van der Waals surface area contributed by atoms with Crippen LogP contribution in [-0.2, 0) is 4.79 Å². The normalized spacial score (nSPS) is 18.6. The molecule has 1 N–H and O–H groups in total. The number of para-hydroxylation sites is 1. The van der Waals surface area contributed by atoms with Crippen LogP contribution in [-0.4, -0.2) is 28.5 Å². The van der Waals surface area contributed by atoms with Crippen LogP contribution in [0.5, 0.6) is 0 Å².